The molecule has 1 aromatic carbocycles. The van der Waals surface area contributed by atoms with E-state index >= 15 is 0 Å². The predicted molar refractivity (Wildman–Crippen MR) is 79.5 cm³/mol. The highest BCUT2D eigenvalue weighted by atomic mass is 32.2. The number of aromatic nitrogens is 2. The largest absolute Gasteiger partial charge is 0.491 e. The standard InChI is InChI=1S/C14H18N2O3S/c1-17-5-6-18-7-8-19-11-3-4-12-13(9-11)15-10-16-14(12)20-2/h3-4,9-10H,5-8H2,1-2H3. The third kappa shape index (κ3) is 4.06. The smallest absolute Gasteiger partial charge is 0.121 e. The van der Waals surface area contributed by atoms with Crippen molar-refractivity contribution in [3.63, 3.8) is 0 Å². The molecule has 0 unspecified atom stereocenters. The lowest BCUT2D eigenvalue weighted by Gasteiger charge is -2.08. The molecular weight excluding hydrogens is 276 g/mol. The topological polar surface area (TPSA) is 53.5 Å². The van der Waals surface area contributed by atoms with E-state index in [1.165, 1.54) is 0 Å². The van der Waals surface area contributed by atoms with Gasteiger partial charge in [0.15, 0.2) is 0 Å². The molecule has 0 N–H and O–H groups in total. The van der Waals surface area contributed by atoms with E-state index in [1.54, 1.807) is 25.2 Å². The zero-order valence-electron chi connectivity index (χ0n) is 11.7. The Morgan fingerprint density at radius 3 is 2.75 bits per heavy atom. The summed E-state index contributed by atoms with van der Waals surface area (Å²) in [7, 11) is 1.65. The maximum Gasteiger partial charge on any atom is 0.121 e. The van der Waals surface area contributed by atoms with Gasteiger partial charge in [0.2, 0.25) is 0 Å². The minimum absolute atomic E-state index is 0.510. The molecule has 0 aliphatic rings. The lowest BCUT2D eigenvalue weighted by molar-refractivity contribution is 0.0544. The van der Waals surface area contributed by atoms with Gasteiger partial charge in [0.05, 0.1) is 25.3 Å². The summed E-state index contributed by atoms with van der Waals surface area (Å²) in [5.74, 6) is 0.790. The molecule has 1 aromatic heterocycles. The van der Waals surface area contributed by atoms with Crippen LogP contribution in [0.15, 0.2) is 29.6 Å². The molecule has 0 fully saturated rings. The van der Waals surface area contributed by atoms with Crippen molar-refractivity contribution in [1.82, 2.24) is 9.97 Å². The van der Waals surface area contributed by atoms with Crippen molar-refractivity contribution in [2.45, 2.75) is 5.03 Å². The lowest BCUT2D eigenvalue weighted by Crippen LogP contribution is -2.10. The van der Waals surface area contributed by atoms with Crippen LogP contribution in [0.3, 0.4) is 0 Å². The summed E-state index contributed by atoms with van der Waals surface area (Å²) in [6, 6.07) is 5.84. The van der Waals surface area contributed by atoms with Crippen molar-refractivity contribution >= 4 is 22.7 Å². The molecule has 0 aliphatic carbocycles. The van der Waals surface area contributed by atoms with E-state index in [4.69, 9.17) is 14.2 Å². The van der Waals surface area contributed by atoms with Gasteiger partial charge in [-0.1, -0.05) is 0 Å². The van der Waals surface area contributed by atoms with Crippen molar-refractivity contribution in [1.29, 1.82) is 0 Å². The first-order chi connectivity index (χ1) is 9.85. The zero-order chi connectivity index (χ0) is 14.2. The van der Waals surface area contributed by atoms with Crippen LogP contribution in [0.25, 0.3) is 10.9 Å². The zero-order valence-corrected chi connectivity index (χ0v) is 12.5. The van der Waals surface area contributed by atoms with Crippen molar-refractivity contribution in [2.75, 3.05) is 39.8 Å². The number of hydrogen-bond donors (Lipinski definition) is 0. The Kier molecular flexibility index (Phi) is 6.04. The highest BCUT2D eigenvalue weighted by molar-refractivity contribution is 7.98. The minimum atomic E-state index is 0.510. The van der Waals surface area contributed by atoms with Gasteiger partial charge in [-0.15, -0.1) is 11.8 Å². The first-order valence-corrected chi connectivity index (χ1v) is 7.56. The Balaban J connectivity index is 1.91. The minimum Gasteiger partial charge on any atom is -0.491 e. The van der Waals surface area contributed by atoms with Crippen molar-refractivity contribution in [2.24, 2.45) is 0 Å². The van der Waals surface area contributed by atoms with Crippen LogP contribution >= 0.6 is 11.8 Å². The summed E-state index contributed by atoms with van der Waals surface area (Å²) in [6.45, 7) is 2.24. The molecule has 20 heavy (non-hydrogen) atoms. The Morgan fingerprint density at radius 2 is 1.95 bits per heavy atom. The van der Waals surface area contributed by atoms with Crippen molar-refractivity contribution < 1.29 is 14.2 Å². The van der Waals surface area contributed by atoms with Crippen LogP contribution in [0.2, 0.25) is 0 Å². The second-order valence-corrected chi connectivity index (χ2v) is 4.81. The van der Waals surface area contributed by atoms with E-state index in [0.717, 1.165) is 21.7 Å². The third-order valence-electron chi connectivity index (χ3n) is 2.69. The van der Waals surface area contributed by atoms with Gasteiger partial charge in [0, 0.05) is 18.6 Å². The van der Waals surface area contributed by atoms with Gasteiger partial charge < -0.3 is 14.2 Å². The van der Waals surface area contributed by atoms with Crippen molar-refractivity contribution in [3.8, 4) is 5.75 Å². The average molecular weight is 294 g/mol. The van der Waals surface area contributed by atoms with E-state index in [1.807, 2.05) is 24.5 Å². The van der Waals surface area contributed by atoms with E-state index in [9.17, 15) is 0 Å². The number of benzene rings is 1. The molecule has 0 spiro atoms. The van der Waals surface area contributed by atoms with Crippen LogP contribution in [-0.2, 0) is 9.47 Å². The summed E-state index contributed by atoms with van der Waals surface area (Å²) >= 11 is 1.61. The molecule has 0 atom stereocenters. The molecule has 5 nitrogen and oxygen atoms in total. The SMILES string of the molecule is COCCOCCOc1ccc2c(SC)ncnc2c1. The predicted octanol–water partition coefficient (Wildman–Crippen LogP) is 2.39. The fourth-order valence-electron chi connectivity index (χ4n) is 1.73. The number of thioether (sulfide) groups is 1. The molecule has 0 amide bonds. The number of rotatable bonds is 8. The van der Waals surface area contributed by atoms with Gasteiger partial charge >= 0.3 is 0 Å². The molecule has 0 aliphatic heterocycles. The van der Waals surface area contributed by atoms with Crippen LogP contribution in [0.1, 0.15) is 0 Å². The highest BCUT2D eigenvalue weighted by Gasteiger charge is 2.04. The molecule has 6 heteroatoms. The molecule has 1 heterocycles. The summed E-state index contributed by atoms with van der Waals surface area (Å²) < 4.78 is 15.9. The van der Waals surface area contributed by atoms with Crippen LogP contribution < -0.4 is 4.74 Å². The number of nitrogens with zero attached hydrogens (tertiary/aromatic N) is 2. The molecule has 0 saturated carbocycles. The summed E-state index contributed by atoms with van der Waals surface area (Å²) in [5.41, 5.74) is 0.891. The van der Waals surface area contributed by atoms with Gasteiger partial charge in [-0.25, -0.2) is 9.97 Å². The Hall–Kier alpha value is -1.37. The first kappa shape index (κ1) is 15.0. The molecular formula is C14H18N2O3S. The van der Waals surface area contributed by atoms with Crippen LogP contribution in [0.5, 0.6) is 5.75 Å². The monoisotopic (exact) mass is 294 g/mol. The number of ether oxygens (including phenoxy) is 3. The van der Waals surface area contributed by atoms with E-state index < -0.39 is 0 Å². The van der Waals surface area contributed by atoms with E-state index in [0.29, 0.717) is 26.4 Å². The Morgan fingerprint density at radius 1 is 1.10 bits per heavy atom. The van der Waals surface area contributed by atoms with E-state index in [-0.39, 0.29) is 0 Å². The maximum atomic E-state index is 5.63. The Labute approximate surface area is 122 Å². The molecule has 0 radical (unpaired) electrons. The average Bonchev–Trinajstić information content (AvgIpc) is 2.50. The number of fused-ring (bicyclic) bond motifs is 1. The molecule has 0 saturated heterocycles. The molecule has 108 valence electrons. The first-order valence-electron chi connectivity index (χ1n) is 6.33. The van der Waals surface area contributed by atoms with Gasteiger partial charge in [-0.2, -0.15) is 0 Å². The summed E-state index contributed by atoms with van der Waals surface area (Å²) in [4.78, 5) is 8.51. The van der Waals surface area contributed by atoms with Gasteiger partial charge in [0.1, 0.15) is 23.7 Å². The summed E-state index contributed by atoms with van der Waals surface area (Å²) in [5, 5.41) is 2.02. The van der Waals surface area contributed by atoms with Crippen molar-refractivity contribution in [3.05, 3.63) is 24.5 Å². The van der Waals surface area contributed by atoms with Gasteiger partial charge in [-0.05, 0) is 18.4 Å². The third-order valence-corrected chi connectivity index (χ3v) is 3.40. The van der Waals surface area contributed by atoms with Gasteiger partial charge in [-0.3, -0.25) is 0 Å². The second kappa shape index (κ2) is 8.04. The highest BCUT2D eigenvalue weighted by Crippen LogP contribution is 2.25. The normalized spacial score (nSPS) is 10.9. The van der Waals surface area contributed by atoms with Gasteiger partial charge in [0.25, 0.3) is 0 Å². The number of hydrogen-bond acceptors (Lipinski definition) is 6. The molecule has 2 aromatic rings. The lowest BCUT2D eigenvalue weighted by atomic mass is 10.2. The van der Waals surface area contributed by atoms with Crippen LogP contribution in [0, 0.1) is 0 Å². The molecule has 2 rings (SSSR count). The van der Waals surface area contributed by atoms with Crippen LogP contribution in [0.4, 0.5) is 0 Å². The molecule has 0 bridgehead atoms. The van der Waals surface area contributed by atoms with E-state index in [2.05, 4.69) is 9.97 Å². The maximum absolute atomic E-state index is 5.63. The second-order valence-electron chi connectivity index (χ2n) is 4.02. The fraction of sp³-hybridized carbons (Fsp3) is 0.429. The van der Waals surface area contributed by atoms with Crippen LogP contribution in [-0.4, -0.2) is 49.8 Å². The Bertz CT molecular complexity index is 551. The summed E-state index contributed by atoms with van der Waals surface area (Å²) in [6.07, 6.45) is 3.58. The fourth-order valence-corrected chi connectivity index (χ4v) is 2.27. The quantitative estimate of drug-likeness (QED) is 0.423. The number of methoxy groups -OCH3 is 1.